The van der Waals surface area contributed by atoms with E-state index < -0.39 is 0 Å². The minimum absolute atomic E-state index is 0.584. The highest BCUT2D eigenvalue weighted by molar-refractivity contribution is 9.09. The monoisotopic (exact) mass is 348 g/mol. The Hall–Kier alpha value is -0.0900. The minimum atomic E-state index is 0.584. The number of benzene rings is 1. The summed E-state index contributed by atoms with van der Waals surface area (Å²) in [6, 6.07) is 8.08. The summed E-state index contributed by atoms with van der Waals surface area (Å²) in [6.45, 7) is 2.35. The maximum absolute atomic E-state index is 6.00. The molecular weight excluding hydrogens is 328 g/mol. The second-order valence-corrected chi connectivity index (χ2v) is 5.69. The van der Waals surface area contributed by atoms with E-state index in [0.29, 0.717) is 5.92 Å². The van der Waals surface area contributed by atoms with Gasteiger partial charge in [-0.1, -0.05) is 39.7 Å². The first-order chi connectivity index (χ1) is 9.26. The molecule has 0 aliphatic heterocycles. The van der Waals surface area contributed by atoms with Crippen LogP contribution in [0.4, 0.5) is 0 Å². The fourth-order valence-electron chi connectivity index (χ4n) is 1.89. The van der Waals surface area contributed by atoms with E-state index in [0.717, 1.165) is 49.4 Å². The molecule has 0 N–H and O–H groups in total. The smallest absolute Gasteiger partial charge is 0.0487 e. The predicted molar refractivity (Wildman–Crippen MR) is 84.4 cm³/mol. The van der Waals surface area contributed by atoms with Crippen LogP contribution in [0.1, 0.15) is 18.4 Å². The molecule has 0 aliphatic carbocycles. The summed E-state index contributed by atoms with van der Waals surface area (Å²) in [5, 5.41) is 1.79. The molecule has 1 atom stereocenters. The molecule has 0 bridgehead atoms. The van der Waals surface area contributed by atoms with E-state index in [9.17, 15) is 0 Å². The van der Waals surface area contributed by atoms with Gasteiger partial charge in [0.1, 0.15) is 0 Å². The van der Waals surface area contributed by atoms with Crippen molar-refractivity contribution in [2.45, 2.75) is 19.3 Å². The van der Waals surface area contributed by atoms with Crippen LogP contribution in [0.3, 0.4) is 0 Å². The van der Waals surface area contributed by atoms with Gasteiger partial charge in [0.25, 0.3) is 0 Å². The first-order valence-electron chi connectivity index (χ1n) is 6.63. The molecule has 1 aromatic carbocycles. The summed E-state index contributed by atoms with van der Waals surface area (Å²) in [6.07, 6.45) is 3.06. The van der Waals surface area contributed by atoms with Crippen LogP contribution in [0.25, 0.3) is 0 Å². The van der Waals surface area contributed by atoms with E-state index >= 15 is 0 Å². The van der Waals surface area contributed by atoms with Crippen molar-refractivity contribution in [3.8, 4) is 0 Å². The van der Waals surface area contributed by atoms with Crippen LogP contribution in [-0.2, 0) is 15.9 Å². The van der Waals surface area contributed by atoms with Crippen LogP contribution < -0.4 is 0 Å². The second-order valence-electron chi connectivity index (χ2n) is 4.60. The third-order valence-electron chi connectivity index (χ3n) is 2.94. The molecule has 0 heterocycles. The first-order valence-corrected chi connectivity index (χ1v) is 8.13. The van der Waals surface area contributed by atoms with E-state index in [2.05, 4.69) is 22.0 Å². The third kappa shape index (κ3) is 7.93. The van der Waals surface area contributed by atoms with Crippen LogP contribution in [0, 0.1) is 5.92 Å². The molecule has 0 saturated carbocycles. The number of rotatable bonds is 10. The third-order valence-corrected chi connectivity index (χ3v) is 4.09. The maximum atomic E-state index is 6.00. The standard InChI is InChI=1S/C15H22BrClO2/c1-18-7-3-8-19-9-6-14(12-16)10-13-4-2-5-15(17)11-13/h2,4-5,11,14H,3,6-10,12H2,1H3. The van der Waals surface area contributed by atoms with Gasteiger partial charge in [-0.15, -0.1) is 0 Å². The molecule has 1 aromatic rings. The zero-order chi connectivity index (χ0) is 13.9. The Labute approximate surface area is 129 Å². The number of hydrogen-bond donors (Lipinski definition) is 0. The number of hydrogen-bond acceptors (Lipinski definition) is 2. The van der Waals surface area contributed by atoms with Crippen LogP contribution in [0.5, 0.6) is 0 Å². The van der Waals surface area contributed by atoms with E-state index in [4.69, 9.17) is 21.1 Å². The summed E-state index contributed by atoms with van der Waals surface area (Å²) in [5.74, 6) is 0.584. The van der Waals surface area contributed by atoms with Crippen LogP contribution >= 0.6 is 27.5 Å². The van der Waals surface area contributed by atoms with Crippen molar-refractivity contribution in [2.24, 2.45) is 5.92 Å². The maximum Gasteiger partial charge on any atom is 0.0487 e. The summed E-state index contributed by atoms with van der Waals surface area (Å²) in [5.41, 5.74) is 1.29. The normalized spacial score (nSPS) is 12.6. The molecule has 0 saturated heterocycles. The quantitative estimate of drug-likeness (QED) is 0.462. The van der Waals surface area contributed by atoms with Crippen molar-refractivity contribution in [2.75, 3.05) is 32.3 Å². The van der Waals surface area contributed by atoms with Gasteiger partial charge in [-0.25, -0.2) is 0 Å². The molecular formula is C15H22BrClO2. The molecule has 4 heteroatoms. The lowest BCUT2D eigenvalue weighted by atomic mass is 9.98. The molecule has 0 amide bonds. The van der Waals surface area contributed by atoms with E-state index in [1.807, 2.05) is 18.2 Å². The zero-order valence-corrected chi connectivity index (χ0v) is 13.8. The van der Waals surface area contributed by atoms with Gasteiger partial charge in [0.05, 0.1) is 0 Å². The van der Waals surface area contributed by atoms with Gasteiger partial charge < -0.3 is 9.47 Å². The van der Waals surface area contributed by atoms with Crippen LogP contribution in [0.15, 0.2) is 24.3 Å². The largest absolute Gasteiger partial charge is 0.385 e. The fraction of sp³-hybridized carbons (Fsp3) is 0.600. The second kappa shape index (κ2) is 10.7. The summed E-state index contributed by atoms with van der Waals surface area (Å²) < 4.78 is 10.6. The van der Waals surface area contributed by atoms with Gasteiger partial charge in [0, 0.05) is 37.3 Å². The minimum Gasteiger partial charge on any atom is -0.385 e. The fourth-order valence-corrected chi connectivity index (χ4v) is 2.65. The topological polar surface area (TPSA) is 18.5 Å². The Morgan fingerprint density at radius 1 is 1.26 bits per heavy atom. The lowest BCUT2D eigenvalue weighted by molar-refractivity contribution is 0.0953. The van der Waals surface area contributed by atoms with E-state index in [1.165, 1.54) is 5.56 Å². The van der Waals surface area contributed by atoms with Crippen molar-refractivity contribution in [3.05, 3.63) is 34.9 Å². The van der Waals surface area contributed by atoms with Crippen molar-refractivity contribution in [1.82, 2.24) is 0 Å². The Bertz CT molecular complexity index is 347. The Morgan fingerprint density at radius 2 is 2.11 bits per heavy atom. The SMILES string of the molecule is COCCCOCCC(CBr)Cc1cccc(Cl)c1. The Kier molecular flexibility index (Phi) is 9.52. The van der Waals surface area contributed by atoms with Crippen LogP contribution in [-0.4, -0.2) is 32.3 Å². The summed E-state index contributed by atoms with van der Waals surface area (Å²) in [4.78, 5) is 0. The zero-order valence-electron chi connectivity index (χ0n) is 11.4. The molecule has 0 spiro atoms. The summed E-state index contributed by atoms with van der Waals surface area (Å²) >= 11 is 9.58. The van der Waals surface area contributed by atoms with Crippen molar-refractivity contribution in [3.63, 3.8) is 0 Å². The molecule has 108 valence electrons. The number of ether oxygens (including phenoxy) is 2. The van der Waals surface area contributed by atoms with Gasteiger partial charge in [-0.05, 0) is 42.9 Å². The molecule has 0 aromatic heterocycles. The average Bonchev–Trinajstić information content (AvgIpc) is 2.41. The highest BCUT2D eigenvalue weighted by atomic mass is 79.9. The van der Waals surface area contributed by atoms with Crippen LogP contribution in [0.2, 0.25) is 5.02 Å². The van der Waals surface area contributed by atoms with Gasteiger partial charge in [-0.3, -0.25) is 0 Å². The lowest BCUT2D eigenvalue weighted by Crippen LogP contribution is -2.11. The molecule has 0 aliphatic rings. The van der Waals surface area contributed by atoms with Gasteiger partial charge in [0.15, 0.2) is 0 Å². The van der Waals surface area contributed by atoms with E-state index in [1.54, 1.807) is 7.11 Å². The predicted octanol–water partition coefficient (Wildman–Crippen LogP) is 4.34. The highest BCUT2D eigenvalue weighted by Crippen LogP contribution is 2.18. The average molecular weight is 350 g/mol. The van der Waals surface area contributed by atoms with Crippen molar-refractivity contribution >= 4 is 27.5 Å². The molecule has 1 rings (SSSR count). The highest BCUT2D eigenvalue weighted by Gasteiger charge is 2.08. The Balaban J connectivity index is 2.22. The lowest BCUT2D eigenvalue weighted by Gasteiger charge is -2.14. The van der Waals surface area contributed by atoms with Gasteiger partial charge >= 0.3 is 0 Å². The molecule has 0 fully saturated rings. The number of alkyl halides is 1. The molecule has 19 heavy (non-hydrogen) atoms. The van der Waals surface area contributed by atoms with Gasteiger partial charge in [-0.2, -0.15) is 0 Å². The van der Waals surface area contributed by atoms with Crippen molar-refractivity contribution < 1.29 is 9.47 Å². The number of methoxy groups -OCH3 is 1. The number of halogens is 2. The van der Waals surface area contributed by atoms with E-state index in [-0.39, 0.29) is 0 Å². The summed E-state index contributed by atoms with van der Waals surface area (Å²) in [7, 11) is 1.71. The van der Waals surface area contributed by atoms with Crippen molar-refractivity contribution in [1.29, 1.82) is 0 Å². The molecule has 1 unspecified atom stereocenters. The molecule has 2 nitrogen and oxygen atoms in total. The molecule has 0 radical (unpaired) electrons. The Morgan fingerprint density at radius 3 is 2.79 bits per heavy atom. The van der Waals surface area contributed by atoms with Gasteiger partial charge in [0.2, 0.25) is 0 Å². The first kappa shape index (κ1) is 17.0.